The Morgan fingerprint density at radius 2 is 0.854 bits per heavy atom. The van der Waals surface area contributed by atoms with Crippen LogP contribution < -0.4 is 0 Å². The number of hydrogen-bond donors (Lipinski definition) is 2. The van der Waals surface area contributed by atoms with E-state index in [1.165, 1.54) is 16.7 Å². The normalized spacial score (nSPS) is 11.6. The van der Waals surface area contributed by atoms with E-state index in [9.17, 15) is 10.2 Å². The fourth-order valence-electron chi connectivity index (χ4n) is 4.93. The van der Waals surface area contributed by atoms with Crippen molar-refractivity contribution in [2.45, 2.75) is 33.6 Å². The third kappa shape index (κ3) is 6.07. The molecule has 0 aromatic heterocycles. The van der Waals surface area contributed by atoms with Crippen molar-refractivity contribution in [3.63, 3.8) is 0 Å². The molecule has 5 aromatic carbocycles. The van der Waals surface area contributed by atoms with Gasteiger partial charge in [-0.1, -0.05) is 42.5 Å². The lowest BCUT2D eigenvalue weighted by Gasteiger charge is -2.25. The molecule has 6 heteroatoms. The minimum absolute atomic E-state index is 0.0137. The van der Waals surface area contributed by atoms with E-state index in [4.69, 9.17) is 0 Å². The van der Waals surface area contributed by atoms with Gasteiger partial charge in [0.05, 0.1) is 22.7 Å². The summed E-state index contributed by atoms with van der Waals surface area (Å²) in [4.78, 5) is 0. The molecule has 0 aliphatic carbocycles. The topological polar surface area (TPSA) is 89.9 Å². The standard InChI is InChI=1S/C35H32N4O2/c1-22-24(3)33(38-36-27-10-14-29(40)15-11-27)20-18-31(22)35(26-8-6-5-7-9-26)32-19-21-34(25(4)23(32)2)39-37-28-12-16-30(41)17-13-28/h5-21,35,40-41H,1-4H3/b38-36+,39-37+. The van der Waals surface area contributed by atoms with Crippen LogP contribution in [-0.2, 0) is 0 Å². The van der Waals surface area contributed by atoms with Gasteiger partial charge < -0.3 is 10.2 Å². The highest BCUT2D eigenvalue weighted by atomic mass is 16.3. The van der Waals surface area contributed by atoms with Crippen molar-refractivity contribution < 1.29 is 10.2 Å². The maximum atomic E-state index is 9.54. The van der Waals surface area contributed by atoms with E-state index in [1.807, 2.05) is 18.2 Å². The van der Waals surface area contributed by atoms with Crippen LogP contribution in [0.2, 0.25) is 0 Å². The minimum atomic E-state index is 0.0137. The van der Waals surface area contributed by atoms with Crippen LogP contribution in [0.1, 0.15) is 44.9 Å². The van der Waals surface area contributed by atoms with Crippen LogP contribution in [0.15, 0.2) is 124 Å². The fraction of sp³-hybridized carbons (Fsp3) is 0.143. The molecule has 0 atom stereocenters. The first kappa shape index (κ1) is 27.5. The summed E-state index contributed by atoms with van der Waals surface area (Å²) in [6.07, 6.45) is 0. The van der Waals surface area contributed by atoms with Gasteiger partial charge >= 0.3 is 0 Å². The monoisotopic (exact) mass is 540 g/mol. The molecule has 0 aliphatic heterocycles. The van der Waals surface area contributed by atoms with Crippen molar-refractivity contribution in [3.8, 4) is 11.5 Å². The average Bonchev–Trinajstić information content (AvgIpc) is 2.99. The largest absolute Gasteiger partial charge is 0.508 e. The summed E-state index contributed by atoms with van der Waals surface area (Å²) in [5.41, 5.74) is 11.1. The molecule has 0 bridgehead atoms. The smallest absolute Gasteiger partial charge is 0.115 e. The van der Waals surface area contributed by atoms with Crippen LogP contribution in [-0.4, -0.2) is 10.2 Å². The Labute approximate surface area is 240 Å². The SMILES string of the molecule is Cc1c(/N=N/c2ccc(O)cc2)ccc(C(c2ccccc2)c2ccc(/N=N/c3ccc(O)cc3)c(C)c2C)c1C. The fourth-order valence-corrected chi connectivity index (χ4v) is 4.93. The van der Waals surface area contributed by atoms with Crippen molar-refractivity contribution in [1.29, 1.82) is 0 Å². The number of rotatable bonds is 7. The van der Waals surface area contributed by atoms with Gasteiger partial charge in [0.1, 0.15) is 11.5 Å². The number of benzene rings is 5. The highest BCUT2D eigenvalue weighted by molar-refractivity contribution is 5.61. The van der Waals surface area contributed by atoms with Crippen molar-refractivity contribution in [2.75, 3.05) is 0 Å². The lowest BCUT2D eigenvalue weighted by molar-refractivity contribution is 0.475. The molecule has 0 amide bonds. The van der Waals surface area contributed by atoms with Gasteiger partial charge in [0.15, 0.2) is 0 Å². The Balaban J connectivity index is 1.54. The Morgan fingerprint density at radius 3 is 1.27 bits per heavy atom. The van der Waals surface area contributed by atoms with Gasteiger partial charge in [-0.3, -0.25) is 0 Å². The zero-order valence-electron chi connectivity index (χ0n) is 23.6. The predicted octanol–water partition coefficient (Wildman–Crippen LogP) is 10.3. The summed E-state index contributed by atoms with van der Waals surface area (Å²) >= 11 is 0. The molecule has 204 valence electrons. The highest BCUT2D eigenvalue weighted by Gasteiger charge is 2.23. The molecule has 5 rings (SSSR count). The van der Waals surface area contributed by atoms with Gasteiger partial charge in [-0.25, -0.2) is 0 Å². The number of phenols is 2. The molecular weight excluding hydrogens is 508 g/mol. The first-order chi connectivity index (χ1) is 19.8. The van der Waals surface area contributed by atoms with Crippen molar-refractivity contribution >= 4 is 22.7 Å². The second-order valence-electron chi connectivity index (χ2n) is 10.1. The predicted molar refractivity (Wildman–Crippen MR) is 164 cm³/mol. The van der Waals surface area contributed by atoms with Gasteiger partial charge in [0.25, 0.3) is 0 Å². The Hall–Kier alpha value is -5.10. The van der Waals surface area contributed by atoms with Crippen LogP contribution in [0.3, 0.4) is 0 Å². The molecule has 0 fully saturated rings. The first-order valence-electron chi connectivity index (χ1n) is 13.5. The number of nitrogens with zero attached hydrogens (tertiary/aromatic N) is 4. The average molecular weight is 541 g/mol. The van der Waals surface area contributed by atoms with E-state index in [1.54, 1.807) is 48.5 Å². The van der Waals surface area contributed by atoms with E-state index < -0.39 is 0 Å². The maximum absolute atomic E-state index is 9.54. The first-order valence-corrected chi connectivity index (χ1v) is 13.5. The van der Waals surface area contributed by atoms with E-state index >= 15 is 0 Å². The number of azo groups is 2. The lowest BCUT2D eigenvalue weighted by Crippen LogP contribution is -2.09. The van der Waals surface area contributed by atoms with Crippen molar-refractivity contribution in [2.24, 2.45) is 20.5 Å². The third-order valence-electron chi connectivity index (χ3n) is 7.60. The van der Waals surface area contributed by atoms with Crippen molar-refractivity contribution in [1.82, 2.24) is 0 Å². The van der Waals surface area contributed by atoms with Crippen molar-refractivity contribution in [3.05, 3.63) is 142 Å². The molecule has 0 aliphatic rings. The van der Waals surface area contributed by atoms with Crippen LogP contribution in [0.4, 0.5) is 22.7 Å². The molecule has 0 radical (unpaired) electrons. The Morgan fingerprint density at radius 1 is 0.439 bits per heavy atom. The van der Waals surface area contributed by atoms with E-state index in [-0.39, 0.29) is 17.4 Å². The molecule has 5 aromatic rings. The zero-order valence-corrected chi connectivity index (χ0v) is 23.6. The minimum Gasteiger partial charge on any atom is -0.508 e. The lowest BCUT2D eigenvalue weighted by atomic mass is 9.79. The van der Waals surface area contributed by atoms with Gasteiger partial charge in [-0.05, 0) is 127 Å². The summed E-state index contributed by atoms with van der Waals surface area (Å²) in [7, 11) is 0. The van der Waals surface area contributed by atoms with Gasteiger partial charge in [-0.2, -0.15) is 20.5 Å². The molecule has 41 heavy (non-hydrogen) atoms. The molecule has 0 unspecified atom stereocenters. The molecule has 0 spiro atoms. The summed E-state index contributed by atoms with van der Waals surface area (Å²) in [6, 6.07) is 32.2. The summed E-state index contributed by atoms with van der Waals surface area (Å²) in [6.45, 7) is 8.44. The Bertz CT molecular complexity index is 1620. The zero-order chi connectivity index (χ0) is 28.9. The van der Waals surface area contributed by atoms with E-state index in [0.29, 0.717) is 11.4 Å². The van der Waals surface area contributed by atoms with E-state index in [2.05, 4.69) is 84.6 Å². The van der Waals surface area contributed by atoms with Crippen LogP contribution >= 0.6 is 0 Å². The summed E-state index contributed by atoms with van der Waals surface area (Å²) < 4.78 is 0. The molecule has 6 nitrogen and oxygen atoms in total. The summed E-state index contributed by atoms with van der Waals surface area (Å²) in [5, 5.41) is 36.8. The molecule has 0 heterocycles. The molecular formula is C35H32N4O2. The van der Waals surface area contributed by atoms with Crippen LogP contribution in [0.25, 0.3) is 0 Å². The molecule has 2 N–H and O–H groups in total. The van der Waals surface area contributed by atoms with Gasteiger partial charge in [-0.15, -0.1) is 0 Å². The quantitative estimate of drug-likeness (QED) is 0.159. The molecule has 0 saturated carbocycles. The highest BCUT2D eigenvalue weighted by Crippen LogP contribution is 2.41. The van der Waals surface area contributed by atoms with Crippen LogP contribution in [0, 0.1) is 27.7 Å². The number of phenolic OH excluding ortho intramolecular Hbond substituents is 2. The molecule has 0 saturated heterocycles. The van der Waals surface area contributed by atoms with Gasteiger partial charge in [0.2, 0.25) is 0 Å². The van der Waals surface area contributed by atoms with E-state index in [0.717, 1.165) is 33.6 Å². The maximum Gasteiger partial charge on any atom is 0.115 e. The van der Waals surface area contributed by atoms with Crippen LogP contribution in [0.5, 0.6) is 11.5 Å². The number of hydrogen-bond acceptors (Lipinski definition) is 6. The second-order valence-corrected chi connectivity index (χ2v) is 10.1. The number of aromatic hydroxyl groups is 2. The summed E-state index contributed by atoms with van der Waals surface area (Å²) in [5.74, 6) is 0.414. The Kier molecular flexibility index (Phi) is 8.01. The third-order valence-corrected chi connectivity index (χ3v) is 7.60. The second kappa shape index (κ2) is 12.0. The van der Waals surface area contributed by atoms with Gasteiger partial charge in [0, 0.05) is 5.92 Å².